The molecule has 0 atom stereocenters. The zero-order chi connectivity index (χ0) is 22.7. The van der Waals surface area contributed by atoms with Crippen LogP contribution in [-0.2, 0) is 6.54 Å². The van der Waals surface area contributed by atoms with Crippen LogP contribution in [0.15, 0.2) is 71.7 Å². The zero-order valence-electron chi connectivity index (χ0n) is 17.5. The summed E-state index contributed by atoms with van der Waals surface area (Å²) in [6.07, 6.45) is 1.54. The van der Waals surface area contributed by atoms with E-state index in [1.54, 1.807) is 54.7 Å². The quantitative estimate of drug-likeness (QED) is 0.499. The van der Waals surface area contributed by atoms with Crippen LogP contribution in [0.2, 0.25) is 0 Å². The zero-order valence-corrected chi connectivity index (χ0v) is 17.5. The monoisotopic (exact) mass is 433 g/mol. The number of carbonyl (C=O) groups is 1. The molecule has 0 spiro atoms. The molecule has 8 heteroatoms. The number of nitrogens with zero attached hydrogens (tertiary/aromatic N) is 2. The molecular weight excluding hydrogens is 413 g/mol. The minimum Gasteiger partial charge on any atom is -0.497 e. The van der Waals surface area contributed by atoms with Gasteiger partial charge in [0, 0.05) is 23.2 Å². The number of methoxy groups -OCH3 is 2. The summed E-state index contributed by atoms with van der Waals surface area (Å²) in [6.45, 7) is -0.0668. The number of fused-ring (bicyclic) bond motifs is 1. The average molecular weight is 433 g/mol. The third-order valence-corrected chi connectivity index (χ3v) is 5.03. The fourth-order valence-corrected chi connectivity index (χ4v) is 3.41. The Morgan fingerprint density at radius 3 is 2.62 bits per heavy atom. The first-order valence-electron chi connectivity index (χ1n) is 9.77. The van der Waals surface area contributed by atoms with Crippen molar-refractivity contribution in [1.29, 1.82) is 0 Å². The number of hydrogen-bond donors (Lipinski definition) is 1. The van der Waals surface area contributed by atoms with Crippen LogP contribution in [0.25, 0.3) is 11.0 Å². The number of benzene rings is 2. The Morgan fingerprint density at radius 2 is 1.88 bits per heavy atom. The van der Waals surface area contributed by atoms with Gasteiger partial charge in [0.15, 0.2) is 0 Å². The maximum Gasteiger partial charge on any atom is 0.265 e. The van der Waals surface area contributed by atoms with Gasteiger partial charge < -0.3 is 14.8 Å². The molecule has 0 aliphatic heterocycles. The molecule has 2 aromatic heterocycles. The molecule has 0 bridgehead atoms. The molecule has 4 rings (SSSR count). The highest BCUT2D eigenvalue weighted by molar-refractivity contribution is 6.06. The Labute approximate surface area is 183 Å². The lowest BCUT2D eigenvalue weighted by atomic mass is 10.1. The van der Waals surface area contributed by atoms with E-state index in [9.17, 15) is 14.0 Å². The molecule has 0 saturated heterocycles. The van der Waals surface area contributed by atoms with Crippen molar-refractivity contribution in [3.8, 4) is 11.5 Å². The summed E-state index contributed by atoms with van der Waals surface area (Å²) in [5.41, 5.74) is 0.332. The highest BCUT2D eigenvalue weighted by Crippen LogP contribution is 2.29. The van der Waals surface area contributed by atoms with Gasteiger partial charge in [-0.2, -0.15) is 0 Å². The lowest BCUT2D eigenvalue weighted by molar-refractivity contribution is 0.102. The van der Waals surface area contributed by atoms with E-state index in [0.717, 1.165) is 0 Å². The smallest absolute Gasteiger partial charge is 0.265 e. The topological polar surface area (TPSA) is 82.4 Å². The number of nitrogens with one attached hydrogen (secondary N) is 1. The van der Waals surface area contributed by atoms with Crippen molar-refractivity contribution in [3.05, 3.63) is 94.2 Å². The van der Waals surface area contributed by atoms with Gasteiger partial charge >= 0.3 is 0 Å². The van der Waals surface area contributed by atoms with E-state index >= 15 is 0 Å². The van der Waals surface area contributed by atoms with Crippen molar-refractivity contribution >= 4 is 22.6 Å². The molecule has 0 radical (unpaired) electrons. The predicted molar refractivity (Wildman–Crippen MR) is 119 cm³/mol. The van der Waals surface area contributed by atoms with E-state index < -0.39 is 17.3 Å². The van der Waals surface area contributed by atoms with Crippen molar-refractivity contribution in [3.63, 3.8) is 0 Å². The molecule has 7 nitrogen and oxygen atoms in total. The molecule has 2 aromatic carbocycles. The number of rotatable bonds is 6. The molecular formula is C24H20FN3O4. The number of hydrogen-bond acceptors (Lipinski definition) is 5. The first-order chi connectivity index (χ1) is 15.5. The maximum atomic E-state index is 14.3. The van der Waals surface area contributed by atoms with Gasteiger partial charge in [0.05, 0.1) is 26.5 Å². The third-order valence-electron chi connectivity index (χ3n) is 5.03. The second kappa shape index (κ2) is 8.89. The van der Waals surface area contributed by atoms with Crippen LogP contribution in [0.4, 0.5) is 10.1 Å². The number of aromatic nitrogens is 2. The Balaban J connectivity index is 1.80. The van der Waals surface area contributed by atoms with Crippen molar-refractivity contribution in [2.24, 2.45) is 0 Å². The predicted octanol–water partition coefficient (Wildman–Crippen LogP) is 3.85. The molecule has 0 aliphatic carbocycles. The lowest BCUT2D eigenvalue weighted by Crippen LogP contribution is -2.30. The van der Waals surface area contributed by atoms with Gasteiger partial charge in [-0.15, -0.1) is 0 Å². The van der Waals surface area contributed by atoms with Crippen LogP contribution in [-0.4, -0.2) is 29.7 Å². The van der Waals surface area contributed by atoms with Crippen LogP contribution in [0.3, 0.4) is 0 Å². The molecule has 162 valence electrons. The number of anilines is 1. The minimum atomic E-state index is -0.630. The summed E-state index contributed by atoms with van der Waals surface area (Å²) >= 11 is 0. The van der Waals surface area contributed by atoms with Gasteiger partial charge in [-0.3, -0.25) is 14.2 Å². The van der Waals surface area contributed by atoms with Crippen molar-refractivity contribution < 1.29 is 18.7 Å². The maximum absolute atomic E-state index is 14.3. The Morgan fingerprint density at radius 1 is 1.06 bits per heavy atom. The standard InChI is InChI=1S/C24H20FN3O4/c1-31-17-9-10-21(32-2)20(13-17)27-23(29)18-12-15-7-5-11-26-22(15)28(24(18)30)14-16-6-3-4-8-19(16)25/h3-13H,14H2,1-2H3,(H,27,29). The van der Waals surface area contributed by atoms with Crippen LogP contribution < -0.4 is 20.3 Å². The molecule has 0 fully saturated rings. The van der Waals surface area contributed by atoms with E-state index in [-0.39, 0.29) is 12.1 Å². The van der Waals surface area contributed by atoms with Crippen molar-refractivity contribution in [2.75, 3.05) is 19.5 Å². The molecule has 32 heavy (non-hydrogen) atoms. The summed E-state index contributed by atoms with van der Waals surface area (Å²) in [4.78, 5) is 30.7. The number of halogens is 1. The normalized spacial score (nSPS) is 10.7. The van der Waals surface area contributed by atoms with E-state index in [1.165, 1.54) is 30.9 Å². The molecule has 1 amide bonds. The number of ether oxygens (including phenoxy) is 2. The largest absolute Gasteiger partial charge is 0.497 e. The van der Waals surface area contributed by atoms with Gasteiger partial charge in [0.25, 0.3) is 11.5 Å². The number of amides is 1. The van der Waals surface area contributed by atoms with Crippen LogP contribution >= 0.6 is 0 Å². The molecule has 0 saturated carbocycles. The average Bonchev–Trinajstić information content (AvgIpc) is 2.81. The fraction of sp³-hybridized carbons (Fsp3) is 0.125. The van der Waals surface area contributed by atoms with E-state index in [0.29, 0.717) is 33.8 Å². The first-order valence-corrected chi connectivity index (χ1v) is 9.77. The Hall–Kier alpha value is -4.20. The van der Waals surface area contributed by atoms with Crippen LogP contribution in [0.1, 0.15) is 15.9 Å². The Kier molecular flexibility index (Phi) is 5.85. The van der Waals surface area contributed by atoms with E-state index in [2.05, 4.69) is 10.3 Å². The van der Waals surface area contributed by atoms with E-state index in [4.69, 9.17) is 9.47 Å². The second-order valence-electron chi connectivity index (χ2n) is 6.98. The molecule has 1 N–H and O–H groups in total. The summed E-state index contributed by atoms with van der Waals surface area (Å²) in [5, 5.41) is 3.28. The summed E-state index contributed by atoms with van der Waals surface area (Å²) < 4.78 is 26.1. The van der Waals surface area contributed by atoms with Gasteiger partial charge in [-0.05, 0) is 36.4 Å². The van der Waals surface area contributed by atoms with Gasteiger partial charge in [-0.25, -0.2) is 9.37 Å². The highest BCUT2D eigenvalue weighted by atomic mass is 19.1. The highest BCUT2D eigenvalue weighted by Gasteiger charge is 2.19. The molecule has 4 aromatic rings. The van der Waals surface area contributed by atoms with E-state index in [1.807, 2.05) is 0 Å². The third kappa shape index (κ3) is 4.02. The summed E-state index contributed by atoms with van der Waals surface area (Å²) in [7, 11) is 2.98. The SMILES string of the molecule is COc1ccc(OC)c(NC(=O)c2cc3cccnc3n(Cc3ccccc3F)c2=O)c1. The molecule has 0 unspecified atom stereocenters. The molecule has 0 aliphatic rings. The first kappa shape index (κ1) is 21.0. The summed E-state index contributed by atoms with van der Waals surface area (Å²) in [6, 6.07) is 16.0. The molecule has 2 heterocycles. The minimum absolute atomic E-state index is 0.0668. The number of carbonyl (C=O) groups excluding carboxylic acids is 1. The van der Waals surface area contributed by atoms with Crippen LogP contribution in [0.5, 0.6) is 11.5 Å². The van der Waals surface area contributed by atoms with Gasteiger partial charge in [-0.1, -0.05) is 18.2 Å². The van der Waals surface area contributed by atoms with Gasteiger partial charge in [0.2, 0.25) is 0 Å². The summed E-state index contributed by atoms with van der Waals surface area (Å²) in [5.74, 6) is -0.150. The second-order valence-corrected chi connectivity index (χ2v) is 6.98. The van der Waals surface area contributed by atoms with Crippen LogP contribution in [0, 0.1) is 5.82 Å². The van der Waals surface area contributed by atoms with Crippen molar-refractivity contribution in [1.82, 2.24) is 9.55 Å². The number of pyridine rings is 2. The Bertz CT molecular complexity index is 1370. The van der Waals surface area contributed by atoms with Gasteiger partial charge in [0.1, 0.15) is 28.5 Å². The van der Waals surface area contributed by atoms with Crippen molar-refractivity contribution in [2.45, 2.75) is 6.54 Å². The fourth-order valence-electron chi connectivity index (χ4n) is 3.41. The lowest BCUT2D eigenvalue weighted by Gasteiger charge is -2.14.